The van der Waals surface area contributed by atoms with Gasteiger partial charge in [-0.05, 0) is 42.2 Å². The first kappa shape index (κ1) is 16.0. The van der Waals surface area contributed by atoms with Crippen molar-refractivity contribution >= 4 is 11.9 Å². The number of benzene rings is 2. The lowest BCUT2D eigenvalue weighted by Crippen LogP contribution is -2.12. The summed E-state index contributed by atoms with van der Waals surface area (Å²) in [6.07, 6.45) is 3.99. The van der Waals surface area contributed by atoms with Crippen molar-refractivity contribution in [2.75, 3.05) is 0 Å². The molecule has 0 fully saturated rings. The van der Waals surface area contributed by atoms with E-state index < -0.39 is 6.10 Å². The van der Waals surface area contributed by atoms with Crippen molar-refractivity contribution in [1.82, 2.24) is 0 Å². The van der Waals surface area contributed by atoms with Gasteiger partial charge in [-0.1, -0.05) is 48.5 Å². The largest absolute Gasteiger partial charge is 0.508 e. The Morgan fingerprint density at radius 1 is 1.05 bits per heavy atom. The van der Waals surface area contributed by atoms with Gasteiger partial charge in [-0.2, -0.15) is 0 Å². The SMILES string of the molecule is O=C(C=Cc1ccc(O)cc1)CC(O)CCc1ccccc1. The van der Waals surface area contributed by atoms with Crippen molar-refractivity contribution in [3.63, 3.8) is 0 Å². The molecule has 0 saturated carbocycles. The van der Waals surface area contributed by atoms with E-state index in [0.29, 0.717) is 6.42 Å². The average Bonchev–Trinajstić information content (AvgIpc) is 2.53. The van der Waals surface area contributed by atoms with Crippen LogP contribution >= 0.6 is 0 Å². The van der Waals surface area contributed by atoms with Gasteiger partial charge in [0.1, 0.15) is 5.75 Å². The molecule has 2 aromatic rings. The van der Waals surface area contributed by atoms with E-state index in [1.807, 2.05) is 30.3 Å². The van der Waals surface area contributed by atoms with Crippen LogP contribution in [0.4, 0.5) is 0 Å². The maximum absolute atomic E-state index is 11.8. The van der Waals surface area contributed by atoms with Crippen LogP contribution < -0.4 is 0 Å². The highest BCUT2D eigenvalue weighted by molar-refractivity contribution is 5.93. The molecule has 2 rings (SSSR count). The van der Waals surface area contributed by atoms with E-state index in [1.54, 1.807) is 30.3 Å². The summed E-state index contributed by atoms with van der Waals surface area (Å²) in [4.78, 5) is 11.8. The second-order valence-corrected chi connectivity index (χ2v) is 5.27. The van der Waals surface area contributed by atoms with Crippen LogP contribution in [0.5, 0.6) is 5.75 Å². The zero-order valence-electron chi connectivity index (χ0n) is 12.4. The summed E-state index contributed by atoms with van der Waals surface area (Å²) >= 11 is 0. The number of phenolic OH excluding ortho intramolecular Hbond substituents is 1. The summed E-state index contributed by atoms with van der Waals surface area (Å²) in [6, 6.07) is 16.5. The van der Waals surface area contributed by atoms with Crippen molar-refractivity contribution in [2.24, 2.45) is 0 Å². The molecule has 1 unspecified atom stereocenters. The van der Waals surface area contributed by atoms with Crippen molar-refractivity contribution in [2.45, 2.75) is 25.4 Å². The molecule has 0 bridgehead atoms. The summed E-state index contributed by atoms with van der Waals surface area (Å²) in [6.45, 7) is 0. The van der Waals surface area contributed by atoms with Gasteiger partial charge in [0.2, 0.25) is 0 Å². The maximum atomic E-state index is 11.8. The molecule has 0 aliphatic carbocycles. The van der Waals surface area contributed by atoms with Gasteiger partial charge in [-0.15, -0.1) is 0 Å². The molecule has 1 atom stereocenters. The Morgan fingerprint density at radius 3 is 2.41 bits per heavy atom. The van der Waals surface area contributed by atoms with Gasteiger partial charge < -0.3 is 10.2 Å². The summed E-state index contributed by atoms with van der Waals surface area (Å²) in [5.41, 5.74) is 2.00. The molecule has 0 aliphatic heterocycles. The minimum Gasteiger partial charge on any atom is -0.508 e. The van der Waals surface area contributed by atoms with Gasteiger partial charge in [0.15, 0.2) is 5.78 Å². The molecular weight excluding hydrogens is 276 g/mol. The van der Waals surface area contributed by atoms with Gasteiger partial charge in [-0.3, -0.25) is 4.79 Å². The number of rotatable bonds is 7. The van der Waals surface area contributed by atoms with E-state index >= 15 is 0 Å². The van der Waals surface area contributed by atoms with Crippen molar-refractivity contribution < 1.29 is 15.0 Å². The fraction of sp³-hybridized carbons (Fsp3) is 0.211. The predicted octanol–water partition coefficient (Wildman–Crippen LogP) is 3.36. The van der Waals surface area contributed by atoms with Crippen LogP contribution in [0, 0.1) is 0 Å². The van der Waals surface area contributed by atoms with Crippen LogP contribution in [0.15, 0.2) is 60.7 Å². The van der Waals surface area contributed by atoms with Crippen LogP contribution in [-0.2, 0) is 11.2 Å². The first-order valence-corrected chi connectivity index (χ1v) is 7.35. The molecule has 3 nitrogen and oxygen atoms in total. The lowest BCUT2D eigenvalue weighted by Gasteiger charge is -2.08. The van der Waals surface area contributed by atoms with E-state index in [0.717, 1.165) is 17.5 Å². The van der Waals surface area contributed by atoms with Crippen LogP contribution in [-0.4, -0.2) is 22.1 Å². The Morgan fingerprint density at radius 2 is 1.73 bits per heavy atom. The molecule has 2 aromatic carbocycles. The summed E-state index contributed by atoms with van der Waals surface area (Å²) in [5.74, 6) is 0.0912. The van der Waals surface area contributed by atoms with Crippen molar-refractivity contribution in [3.05, 3.63) is 71.8 Å². The van der Waals surface area contributed by atoms with Crippen LogP contribution in [0.2, 0.25) is 0 Å². The van der Waals surface area contributed by atoms with Gasteiger partial charge in [0.25, 0.3) is 0 Å². The first-order valence-electron chi connectivity index (χ1n) is 7.35. The van der Waals surface area contributed by atoms with E-state index in [2.05, 4.69) is 0 Å². The highest BCUT2D eigenvalue weighted by Crippen LogP contribution is 2.12. The zero-order chi connectivity index (χ0) is 15.8. The minimum absolute atomic E-state index is 0.103. The molecule has 22 heavy (non-hydrogen) atoms. The molecule has 114 valence electrons. The number of aryl methyl sites for hydroxylation is 1. The van der Waals surface area contributed by atoms with E-state index in [1.165, 1.54) is 6.08 Å². The molecule has 0 spiro atoms. The third-order valence-electron chi connectivity index (χ3n) is 3.40. The number of aromatic hydroxyl groups is 1. The fourth-order valence-corrected chi connectivity index (χ4v) is 2.15. The van der Waals surface area contributed by atoms with E-state index in [9.17, 15) is 15.0 Å². The molecule has 0 aromatic heterocycles. The van der Waals surface area contributed by atoms with Crippen molar-refractivity contribution in [3.8, 4) is 5.75 Å². The van der Waals surface area contributed by atoms with Crippen LogP contribution in [0.25, 0.3) is 6.08 Å². The highest BCUT2D eigenvalue weighted by atomic mass is 16.3. The topological polar surface area (TPSA) is 57.5 Å². The van der Waals surface area contributed by atoms with E-state index in [-0.39, 0.29) is 18.0 Å². The van der Waals surface area contributed by atoms with Gasteiger partial charge in [0.05, 0.1) is 6.10 Å². The number of ketones is 1. The summed E-state index contributed by atoms with van der Waals surface area (Å²) in [5, 5.41) is 19.1. The number of aliphatic hydroxyl groups excluding tert-OH is 1. The quantitative estimate of drug-likeness (QED) is 0.770. The second-order valence-electron chi connectivity index (χ2n) is 5.27. The molecule has 0 saturated heterocycles. The number of allylic oxidation sites excluding steroid dienone is 1. The minimum atomic E-state index is -0.628. The number of aliphatic hydroxyl groups is 1. The lowest BCUT2D eigenvalue weighted by molar-refractivity contribution is -0.116. The average molecular weight is 296 g/mol. The Hall–Kier alpha value is -2.39. The summed E-state index contributed by atoms with van der Waals surface area (Å²) in [7, 11) is 0. The third kappa shape index (κ3) is 5.54. The van der Waals surface area contributed by atoms with Crippen LogP contribution in [0.3, 0.4) is 0 Å². The molecule has 0 heterocycles. The van der Waals surface area contributed by atoms with Crippen molar-refractivity contribution in [1.29, 1.82) is 0 Å². The number of phenols is 1. The first-order chi connectivity index (χ1) is 10.6. The second kappa shape index (κ2) is 8.15. The number of hydrogen-bond acceptors (Lipinski definition) is 3. The maximum Gasteiger partial charge on any atom is 0.158 e. The van der Waals surface area contributed by atoms with Gasteiger partial charge in [0, 0.05) is 6.42 Å². The van der Waals surface area contributed by atoms with Crippen LogP contribution in [0.1, 0.15) is 24.0 Å². The third-order valence-corrected chi connectivity index (χ3v) is 3.40. The normalized spacial score (nSPS) is 12.4. The standard InChI is InChI=1S/C19H20O3/c20-17-10-6-16(7-11-17)9-13-19(22)14-18(21)12-8-15-4-2-1-3-5-15/h1-7,9-11,13,18,20-21H,8,12,14H2. The highest BCUT2D eigenvalue weighted by Gasteiger charge is 2.08. The monoisotopic (exact) mass is 296 g/mol. The van der Waals surface area contributed by atoms with E-state index in [4.69, 9.17) is 0 Å². The molecule has 3 heteroatoms. The van der Waals surface area contributed by atoms with Gasteiger partial charge in [-0.25, -0.2) is 0 Å². The predicted molar refractivity (Wildman–Crippen MR) is 87.5 cm³/mol. The smallest absolute Gasteiger partial charge is 0.158 e. The molecular formula is C19H20O3. The number of carbonyl (C=O) groups is 1. The molecule has 0 aliphatic rings. The molecule has 2 N–H and O–H groups in total. The fourth-order valence-electron chi connectivity index (χ4n) is 2.15. The zero-order valence-corrected chi connectivity index (χ0v) is 12.4. The number of hydrogen-bond donors (Lipinski definition) is 2. The molecule has 0 radical (unpaired) electrons. The lowest BCUT2D eigenvalue weighted by atomic mass is 10.0. The Labute approximate surface area is 130 Å². The summed E-state index contributed by atoms with van der Waals surface area (Å²) < 4.78 is 0. The Balaban J connectivity index is 1.77. The van der Waals surface area contributed by atoms with Gasteiger partial charge >= 0.3 is 0 Å². The number of carbonyl (C=O) groups excluding carboxylic acids is 1. The molecule has 0 amide bonds. The Bertz CT molecular complexity index is 615. The Kier molecular flexibility index (Phi) is 5.92.